The molecule has 0 heterocycles. The molecule has 0 fully saturated rings. The standard InChI is InChI=1S/C8H10ClFN2.ClH/c9-5-1-2-7(10)6(3-5)8(12)4-11;/h1-3,8H,4,11-12H2;1H/t8-;/m0./s1. The van der Waals surface area contributed by atoms with Gasteiger partial charge in [0.05, 0.1) is 0 Å². The molecule has 0 aromatic heterocycles. The van der Waals surface area contributed by atoms with Crippen LogP contribution in [0, 0.1) is 5.82 Å². The Labute approximate surface area is 87.5 Å². The molecule has 74 valence electrons. The van der Waals surface area contributed by atoms with E-state index in [0.29, 0.717) is 10.6 Å². The van der Waals surface area contributed by atoms with Gasteiger partial charge in [-0.15, -0.1) is 12.4 Å². The topological polar surface area (TPSA) is 52.0 Å². The fourth-order valence-corrected chi connectivity index (χ4v) is 1.11. The van der Waals surface area contributed by atoms with E-state index < -0.39 is 6.04 Å². The van der Waals surface area contributed by atoms with E-state index in [-0.39, 0.29) is 24.8 Å². The van der Waals surface area contributed by atoms with Crippen LogP contribution >= 0.6 is 24.0 Å². The number of benzene rings is 1. The highest BCUT2D eigenvalue weighted by atomic mass is 35.5. The molecular weight excluding hydrogens is 214 g/mol. The number of hydrogen-bond acceptors (Lipinski definition) is 2. The Morgan fingerprint density at radius 1 is 1.46 bits per heavy atom. The van der Waals surface area contributed by atoms with Gasteiger partial charge in [-0.1, -0.05) is 11.6 Å². The second-order valence-corrected chi connectivity index (χ2v) is 2.94. The molecular formula is C8H11Cl2FN2. The van der Waals surface area contributed by atoms with Crippen LogP contribution < -0.4 is 11.5 Å². The molecule has 0 saturated heterocycles. The highest BCUT2D eigenvalue weighted by Gasteiger charge is 2.09. The Hall–Kier alpha value is -0.350. The summed E-state index contributed by atoms with van der Waals surface area (Å²) in [5, 5.41) is 0.468. The van der Waals surface area contributed by atoms with Crippen molar-refractivity contribution in [3.05, 3.63) is 34.6 Å². The average molecular weight is 225 g/mol. The molecule has 4 N–H and O–H groups in total. The van der Waals surface area contributed by atoms with E-state index in [1.807, 2.05) is 0 Å². The Bertz CT molecular complexity index is 281. The first-order chi connectivity index (χ1) is 5.65. The van der Waals surface area contributed by atoms with Crippen molar-refractivity contribution in [1.29, 1.82) is 0 Å². The van der Waals surface area contributed by atoms with Gasteiger partial charge in [-0.25, -0.2) is 4.39 Å². The Kier molecular flexibility index (Phi) is 5.25. The van der Waals surface area contributed by atoms with Gasteiger partial charge < -0.3 is 11.5 Å². The zero-order valence-electron chi connectivity index (χ0n) is 6.84. The maximum absolute atomic E-state index is 13.0. The largest absolute Gasteiger partial charge is 0.329 e. The fourth-order valence-electron chi connectivity index (χ4n) is 0.926. The molecule has 1 aromatic rings. The lowest BCUT2D eigenvalue weighted by atomic mass is 10.1. The molecule has 2 nitrogen and oxygen atoms in total. The smallest absolute Gasteiger partial charge is 0.128 e. The molecule has 0 saturated carbocycles. The molecule has 0 unspecified atom stereocenters. The summed E-state index contributed by atoms with van der Waals surface area (Å²) in [7, 11) is 0. The van der Waals surface area contributed by atoms with Crippen molar-refractivity contribution in [3.8, 4) is 0 Å². The maximum Gasteiger partial charge on any atom is 0.128 e. The summed E-state index contributed by atoms with van der Waals surface area (Å²) < 4.78 is 13.0. The lowest BCUT2D eigenvalue weighted by Crippen LogP contribution is -2.21. The van der Waals surface area contributed by atoms with Crippen LogP contribution in [0.4, 0.5) is 4.39 Å². The maximum atomic E-state index is 13.0. The molecule has 5 heteroatoms. The molecule has 0 spiro atoms. The lowest BCUT2D eigenvalue weighted by Gasteiger charge is -2.09. The number of hydrogen-bond donors (Lipinski definition) is 2. The Balaban J connectivity index is 0.00000144. The monoisotopic (exact) mass is 224 g/mol. The van der Waals surface area contributed by atoms with Crippen molar-refractivity contribution < 1.29 is 4.39 Å². The predicted molar refractivity (Wildman–Crippen MR) is 54.6 cm³/mol. The first kappa shape index (κ1) is 12.7. The second-order valence-electron chi connectivity index (χ2n) is 2.51. The van der Waals surface area contributed by atoms with Crippen molar-refractivity contribution in [2.75, 3.05) is 6.54 Å². The van der Waals surface area contributed by atoms with E-state index >= 15 is 0 Å². The van der Waals surface area contributed by atoms with Crippen molar-refractivity contribution in [2.24, 2.45) is 11.5 Å². The minimum atomic E-state index is -0.483. The minimum Gasteiger partial charge on any atom is -0.329 e. The molecule has 1 rings (SSSR count). The summed E-state index contributed by atoms with van der Waals surface area (Å²) in [5.74, 6) is -0.364. The summed E-state index contributed by atoms with van der Waals surface area (Å²) in [5.41, 5.74) is 11.2. The number of halogens is 3. The molecule has 0 bridgehead atoms. The summed E-state index contributed by atoms with van der Waals surface area (Å²) in [4.78, 5) is 0. The summed E-state index contributed by atoms with van der Waals surface area (Å²) in [6.45, 7) is 0.206. The molecule has 0 aliphatic rings. The van der Waals surface area contributed by atoms with Crippen LogP contribution in [0.3, 0.4) is 0 Å². The van der Waals surface area contributed by atoms with Crippen LogP contribution in [0.2, 0.25) is 5.02 Å². The van der Waals surface area contributed by atoms with Gasteiger partial charge in [0.1, 0.15) is 5.82 Å². The van der Waals surface area contributed by atoms with Gasteiger partial charge in [0.2, 0.25) is 0 Å². The first-order valence-electron chi connectivity index (χ1n) is 3.55. The second kappa shape index (κ2) is 5.40. The third-order valence-corrected chi connectivity index (χ3v) is 1.85. The molecule has 1 aromatic carbocycles. The van der Waals surface area contributed by atoms with E-state index in [4.69, 9.17) is 23.1 Å². The van der Waals surface area contributed by atoms with E-state index in [0.717, 1.165) is 0 Å². The average Bonchev–Trinajstić information content (AvgIpc) is 2.08. The van der Waals surface area contributed by atoms with E-state index in [1.54, 1.807) is 0 Å². The third kappa shape index (κ3) is 3.12. The molecule has 0 aliphatic carbocycles. The van der Waals surface area contributed by atoms with Crippen LogP contribution in [0.25, 0.3) is 0 Å². The van der Waals surface area contributed by atoms with Gasteiger partial charge in [0, 0.05) is 23.2 Å². The van der Waals surface area contributed by atoms with Gasteiger partial charge in [0.25, 0.3) is 0 Å². The molecule has 0 radical (unpaired) electrons. The molecule has 0 aliphatic heterocycles. The Morgan fingerprint density at radius 2 is 2.08 bits per heavy atom. The molecule has 0 amide bonds. The van der Waals surface area contributed by atoms with E-state index in [9.17, 15) is 4.39 Å². The molecule has 13 heavy (non-hydrogen) atoms. The Morgan fingerprint density at radius 3 is 2.62 bits per heavy atom. The molecule has 1 atom stereocenters. The van der Waals surface area contributed by atoms with Crippen LogP contribution in [0.15, 0.2) is 18.2 Å². The number of rotatable bonds is 2. The quantitative estimate of drug-likeness (QED) is 0.807. The van der Waals surface area contributed by atoms with E-state index in [1.165, 1.54) is 18.2 Å². The van der Waals surface area contributed by atoms with Gasteiger partial charge >= 0.3 is 0 Å². The van der Waals surface area contributed by atoms with Gasteiger partial charge in [0.15, 0.2) is 0 Å². The van der Waals surface area contributed by atoms with E-state index in [2.05, 4.69) is 0 Å². The number of nitrogens with two attached hydrogens (primary N) is 2. The van der Waals surface area contributed by atoms with Crippen molar-refractivity contribution in [1.82, 2.24) is 0 Å². The van der Waals surface area contributed by atoms with Crippen molar-refractivity contribution >= 4 is 24.0 Å². The van der Waals surface area contributed by atoms with Crippen LogP contribution in [-0.4, -0.2) is 6.54 Å². The summed E-state index contributed by atoms with van der Waals surface area (Å²) in [6.07, 6.45) is 0. The fraction of sp³-hybridized carbons (Fsp3) is 0.250. The van der Waals surface area contributed by atoms with Crippen LogP contribution in [0.1, 0.15) is 11.6 Å². The van der Waals surface area contributed by atoms with Crippen LogP contribution in [0.5, 0.6) is 0 Å². The highest BCUT2D eigenvalue weighted by molar-refractivity contribution is 6.30. The third-order valence-electron chi connectivity index (χ3n) is 1.61. The summed E-state index contributed by atoms with van der Waals surface area (Å²) in [6, 6.07) is 3.77. The SMILES string of the molecule is Cl.NC[C@H](N)c1cc(Cl)ccc1F. The normalized spacial score (nSPS) is 12.0. The zero-order valence-corrected chi connectivity index (χ0v) is 8.41. The van der Waals surface area contributed by atoms with Crippen molar-refractivity contribution in [3.63, 3.8) is 0 Å². The van der Waals surface area contributed by atoms with Gasteiger partial charge in [-0.05, 0) is 18.2 Å². The van der Waals surface area contributed by atoms with Crippen molar-refractivity contribution in [2.45, 2.75) is 6.04 Å². The zero-order chi connectivity index (χ0) is 9.14. The van der Waals surface area contributed by atoms with Crippen LogP contribution in [-0.2, 0) is 0 Å². The highest BCUT2D eigenvalue weighted by Crippen LogP contribution is 2.18. The minimum absolute atomic E-state index is 0. The lowest BCUT2D eigenvalue weighted by molar-refractivity contribution is 0.584. The predicted octanol–water partition coefficient (Wildman–Crippen LogP) is 1.86. The summed E-state index contributed by atoms with van der Waals surface area (Å²) >= 11 is 5.65. The van der Waals surface area contributed by atoms with Gasteiger partial charge in [-0.3, -0.25) is 0 Å². The first-order valence-corrected chi connectivity index (χ1v) is 3.93. The van der Waals surface area contributed by atoms with Gasteiger partial charge in [-0.2, -0.15) is 0 Å².